The topological polar surface area (TPSA) is 77.1 Å². The highest BCUT2D eigenvalue weighted by Gasteiger charge is 2.53. The van der Waals surface area contributed by atoms with Crippen molar-refractivity contribution < 1.29 is 17.6 Å². The van der Waals surface area contributed by atoms with Gasteiger partial charge < -0.3 is 9.80 Å². The minimum absolute atomic E-state index is 0.00301. The Morgan fingerprint density at radius 3 is 2.50 bits per heavy atom. The molecule has 2 aromatic heterocycles. The third-order valence-corrected chi connectivity index (χ3v) is 7.04. The summed E-state index contributed by atoms with van der Waals surface area (Å²) in [5.74, 6) is 0.933. The Morgan fingerprint density at radius 2 is 1.78 bits per heavy atom. The van der Waals surface area contributed by atoms with Gasteiger partial charge in [-0.2, -0.15) is 18.4 Å². The van der Waals surface area contributed by atoms with E-state index in [-0.39, 0.29) is 24.2 Å². The van der Waals surface area contributed by atoms with E-state index in [1.165, 1.54) is 11.0 Å². The lowest BCUT2D eigenvalue weighted by atomic mass is 9.73. The Balaban J connectivity index is 1.22. The zero-order valence-corrected chi connectivity index (χ0v) is 19.6. The third-order valence-electron chi connectivity index (χ3n) is 6.81. The van der Waals surface area contributed by atoms with Crippen molar-refractivity contribution in [3.63, 3.8) is 0 Å². The SMILES string of the molecule is N#Cc1nc(N2CC3(C2)CN(c2nnc4n2-c2ccc(Cl)cc2CN(CC(F)(F)F)C4)C3)ccc1F. The van der Waals surface area contributed by atoms with Gasteiger partial charge in [0.05, 0.1) is 18.8 Å². The van der Waals surface area contributed by atoms with Crippen molar-refractivity contribution in [1.82, 2.24) is 24.6 Å². The number of hydrogen-bond acceptors (Lipinski definition) is 7. The average Bonchev–Trinajstić information content (AvgIpc) is 3.08. The highest BCUT2D eigenvalue weighted by molar-refractivity contribution is 6.30. The molecule has 0 atom stereocenters. The number of fused-ring (bicyclic) bond motifs is 3. The quantitative estimate of drug-likeness (QED) is 0.491. The predicted molar refractivity (Wildman–Crippen MR) is 122 cm³/mol. The van der Waals surface area contributed by atoms with Crippen LogP contribution in [0.3, 0.4) is 0 Å². The smallest absolute Gasteiger partial charge is 0.355 e. The van der Waals surface area contributed by atoms with Gasteiger partial charge in [-0.05, 0) is 35.9 Å². The van der Waals surface area contributed by atoms with Gasteiger partial charge in [0.2, 0.25) is 5.95 Å². The van der Waals surface area contributed by atoms with E-state index >= 15 is 0 Å². The molecule has 0 unspecified atom stereocenters. The van der Waals surface area contributed by atoms with E-state index in [0.717, 1.165) is 5.69 Å². The standard InChI is InChI=1S/C23H19ClF4N8/c24-15-1-3-18-14(5-15)7-33(13-23(26,27)28)8-20-31-32-21(36(18)20)35-11-22(12-35)9-34(10-22)19-4-2-16(25)17(6-29)30-19/h1-5H,7-13H2. The number of nitriles is 1. The molecule has 0 aliphatic carbocycles. The highest BCUT2D eigenvalue weighted by Crippen LogP contribution is 2.44. The van der Waals surface area contributed by atoms with E-state index < -0.39 is 18.5 Å². The molecule has 186 valence electrons. The molecule has 1 aromatic carbocycles. The van der Waals surface area contributed by atoms with Gasteiger partial charge in [-0.15, -0.1) is 10.2 Å². The van der Waals surface area contributed by atoms with Gasteiger partial charge in [0.1, 0.15) is 11.9 Å². The molecule has 3 aromatic rings. The van der Waals surface area contributed by atoms with E-state index in [1.54, 1.807) is 30.3 Å². The van der Waals surface area contributed by atoms with Crippen LogP contribution in [0.5, 0.6) is 0 Å². The average molecular weight is 519 g/mol. The Morgan fingerprint density at radius 1 is 1.03 bits per heavy atom. The van der Waals surface area contributed by atoms with Crippen molar-refractivity contribution in [2.45, 2.75) is 19.3 Å². The largest absolute Gasteiger partial charge is 0.401 e. The monoisotopic (exact) mass is 518 g/mol. The van der Waals surface area contributed by atoms with Gasteiger partial charge in [-0.25, -0.2) is 9.37 Å². The maximum Gasteiger partial charge on any atom is 0.401 e. The van der Waals surface area contributed by atoms with Crippen LogP contribution in [0.2, 0.25) is 5.02 Å². The van der Waals surface area contributed by atoms with E-state index in [9.17, 15) is 17.6 Å². The van der Waals surface area contributed by atoms with Gasteiger partial charge in [0.25, 0.3) is 0 Å². The van der Waals surface area contributed by atoms with Crippen LogP contribution in [-0.4, -0.2) is 63.5 Å². The summed E-state index contributed by atoms with van der Waals surface area (Å²) in [5.41, 5.74) is 1.15. The van der Waals surface area contributed by atoms with E-state index in [2.05, 4.69) is 20.1 Å². The molecule has 3 aliphatic heterocycles. The fraction of sp³-hybridized carbons (Fsp3) is 0.391. The predicted octanol–water partition coefficient (Wildman–Crippen LogP) is 3.53. The molecule has 0 N–H and O–H groups in total. The van der Waals surface area contributed by atoms with Crippen molar-refractivity contribution in [1.29, 1.82) is 5.26 Å². The minimum Gasteiger partial charge on any atom is -0.355 e. The second kappa shape index (κ2) is 8.04. The number of pyridine rings is 1. The normalized spacial score (nSPS) is 18.7. The molecular formula is C23H19ClF4N8. The Labute approximate surface area is 208 Å². The molecule has 0 saturated carbocycles. The zero-order valence-electron chi connectivity index (χ0n) is 18.8. The summed E-state index contributed by atoms with van der Waals surface area (Å²) in [6.07, 6.45) is -4.34. The van der Waals surface area contributed by atoms with Crippen LogP contribution in [0.1, 0.15) is 17.1 Å². The molecule has 5 heterocycles. The molecule has 3 aliphatic rings. The lowest BCUT2D eigenvalue weighted by Gasteiger charge is -2.60. The number of alkyl halides is 3. The number of hydrogen-bond donors (Lipinski definition) is 0. The summed E-state index contributed by atoms with van der Waals surface area (Å²) < 4.78 is 55.0. The van der Waals surface area contributed by atoms with Gasteiger partial charge in [0.15, 0.2) is 17.3 Å². The third kappa shape index (κ3) is 3.92. The second-order valence-electron chi connectivity index (χ2n) is 9.61. The molecule has 1 spiro atoms. The number of nitrogens with zero attached hydrogens (tertiary/aromatic N) is 8. The number of rotatable bonds is 3. The van der Waals surface area contributed by atoms with Crippen LogP contribution in [0.15, 0.2) is 30.3 Å². The van der Waals surface area contributed by atoms with Crippen LogP contribution in [-0.2, 0) is 13.1 Å². The van der Waals surface area contributed by atoms with Gasteiger partial charge in [0, 0.05) is 43.2 Å². The lowest BCUT2D eigenvalue weighted by Crippen LogP contribution is -2.73. The lowest BCUT2D eigenvalue weighted by molar-refractivity contribution is -0.148. The number of aromatic nitrogens is 4. The zero-order chi connectivity index (χ0) is 25.2. The molecule has 6 rings (SSSR count). The van der Waals surface area contributed by atoms with E-state index in [0.29, 0.717) is 54.4 Å². The molecular weight excluding hydrogens is 500 g/mol. The second-order valence-corrected chi connectivity index (χ2v) is 10.0. The van der Waals surface area contributed by atoms with Crippen molar-refractivity contribution >= 4 is 23.4 Å². The van der Waals surface area contributed by atoms with Crippen molar-refractivity contribution in [3.8, 4) is 11.8 Å². The maximum absolute atomic E-state index is 13.6. The Kier molecular flexibility index (Phi) is 5.14. The fourth-order valence-corrected chi connectivity index (χ4v) is 5.53. The summed E-state index contributed by atoms with van der Waals surface area (Å²) in [4.78, 5) is 9.44. The summed E-state index contributed by atoms with van der Waals surface area (Å²) in [5, 5.41) is 18.1. The number of anilines is 2. The molecule has 0 amide bonds. The first-order valence-corrected chi connectivity index (χ1v) is 11.6. The summed E-state index contributed by atoms with van der Waals surface area (Å²) in [7, 11) is 0. The van der Waals surface area contributed by atoms with E-state index in [1.807, 2.05) is 9.47 Å². The fourth-order valence-electron chi connectivity index (χ4n) is 5.34. The molecule has 2 fully saturated rings. The molecule has 0 bridgehead atoms. The molecule has 2 saturated heterocycles. The maximum atomic E-state index is 13.6. The molecule has 0 radical (unpaired) electrons. The number of benzene rings is 1. The van der Waals surface area contributed by atoms with Crippen LogP contribution >= 0.6 is 11.6 Å². The van der Waals surface area contributed by atoms with Crippen LogP contribution in [0.4, 0.5) is 29.3 Å². The Bertz CT molecular complexity index is 1380. The number of halogens is 5. The van der Waals surface area contributed by atoms with Crippen LogP contribution < -0.4 is 9.80 Å². The van der Waals surface area contributed by atoms with Crippen LogP contribution in [0.25, 0.3) is 5.69 Å². The first-order chi connectivity index (χ1) is 17.1. The molecule has 36 heavy (non-hydrogen) atoms. The van der Waals surface area contributed by atoms with Crippen molar-refractivity contribution in [2.24, 2.45) is 5.41 Å². The van der Waals surface area contributed by atoms with E-state index in [4.69, 9.17) is 16.9 Å². The minimum atomic E-state index is -4.34. The summed E-state index contributed by atoms with van der Waals surface area (Å²) in [6, 6.07) is 9.75. The first kappa shape index (κ1) is 23.0. The molecule has 8 nitrogen and oxygen atoms in total. The first-order valence-electron chi connectivity index (χ1n) is 11.2. The van der Waals surface area contributed by atoms with Crippen LogP contribution in [0, 0.1) is 22.6 Å². The summed E-state index contributed by atoms with van der Waals surface area (Å²) in [6.45, 7) is 1.79. The summed E-state index contributed by atoms with van der Waals surface area (Å²) >= 11 is 6.17. The highest BCUT2D eigenvalue weighted by atomic mass is 35.5. The van der Waals surface area contributed by atoms with Gasteiger partial charge in [-0.1, -0.05) is 11.6 Å². The van der Waals surface area contributed by atoms with Crippen molar-refractivity contribution in [3.05, 3.63) is 58.3 Å². The van der Waals surface area contributed by atoms with Crippen molar-refractivity contribution in [2.75, 3.05) is 42.5 Å². The Hall–Kier alpha value is -3.43. The van der Waals surface area contributed by atoms with Gasteiger partial charge in [-0.3, -0.25) is 9.47 Å². The molecule has 13 heteroatoms. The van der Waals surface area contributed by atoms with Gasteiger partial charge >= 0.3 is 6.18 Å².